The zero-order valence-corrected chi connectivity index (χ0v) is 11.4. The lowest BCUT2D eigenvalue weighted by molar-refractivity contribution is -0.136. The molecule has 0 fully saturated rings. The summed E-state index contributed by atoms with van der Waals surface area (Å²) in [4.78, 5) is 10.6. The summed E-state index contributed by atoms with van der Waals surface area (Å²) in [5, 5.41) is 17.8. The van der Waals surface area contributed by atoms with Gasteiger partial charge in [-0.1, -0.05) is 12.1 Å². The van der Waals surface area contributed by atoms with E-state index in [0.717, 1.165) is 0 Å². The number of nitriles is 1. The van der Waals surface area contributed by atoms with Crippen molar-refractivity contribution < 1.29 is 19.4 Å². The van der Waals surface area contributed by atoms with Crippen LogP contribution < -0.4 is 9.47 Å². The maximum atomic E-state index is 10.6. The Morgan fingerprint density at radius 2 is 1.86 bits per heavy atom. The molecule has 0 spiro atoms. The third-order valence-electron chi connectivity index (χ3n) is 2.82. The maximum Gasteiger partial charge on any atom is 0.307 e. The highest BCUT2D eigenvalue weighted by Crippen LogP contribution is 2.29. The fourth-order valence-corrected chi connectivity index (χ4v) is 1.78. The first-order valence-electron chi connectivity index (χ1n) is 6.19. The molecule has 0 saturated heterocycles. The number of carboxylic acids is 1. The third-order valence-corrected chi connectivity index (χ3v) is 2.82. The number of benzene rings is 2. The van der Waals surface area contributed by atoms with Crippen molar-refractivity contribution in [2.45, 2.75) is 6.42 Å². The smallest absolute Gasteiger partial charge is 0.307 e. The Morgan fingerprint density at radius 1 is 1.19 bits per heavy atom. The van der Waals surface area contributed by atoms with E-state index in [1.165, 1.54) is 7.11 Å². The second-order valence-electron chi connectivity index (χ2n) is 4.29. The Hall–Kier alpha value is -3.00. The second-order valence-corrected chi connectivity index (χ2v) is 4.29. The lowest BCUT2D eigenvalue weighted by Gasteiger charge is -2.09. The number of aliphatic carboxylic acids is 1. The molecule has 0 amide bonds. The SMILES string of the molecule is COc1ccc(C#N)c(Oc2ccc(CC(=O)O)cc2)c1. The van der Waals surface area contributed by atoms with E-state index in [2.05, 4.69) is 0 Å². The summed E-state index contributed by atoms with van der Waals surface area (Å²) in [6.07, 6.45) is -0.0388. The van der Waals surface area contributed by atoms with Crippen LogP contribution in [0.3, 0.4) is 0 Å². The molecule has 21 heavy (non-hydrogen) atoms. The van der Waals surface area contributed by atoms with Gasteiger partial charge in [-0.15, -0.1) is 0 Å². The number of hydrogen-bond acceptors (Lipinski definition) is 4. The molecule has 0 heterocycles. The lowest BCUT2D eigenvalue weighted by Crippen LogP contribution is -1.99. The van der Waals surface area contributed by atoms with Crippen molar-refractivity contribution in [3.05, 3.63) is 53.6 Å². The number of ether oxygens (including phenoxy) is 2. The van der Waals surface area contributed by atoms with Crippen LogP contribution in [0.2, 0.25) is 0 Å². The largest absolute Gasteiger partial charge is 0.497 e. The van der Waals surface area contributed by atoms with Gasteiger partial charge in [0.05, 0.1) is 19.1 Å². The summed E-state index contributed by atoms with van der Waals surface area (Å²) < 4.78 is 10.8. The molecular weight excluding hydrogens is 270 g/mol. The maximum absolute atomic E-state index is 10.6. The Labute approximate surface area is 122 Å². The summed E-state index contributed by atoms with van der Waals surface area (Å²) in [7, 11) is 1.53. The molecule has 0 aliphatic heterocycles. The predicted molar refractivity (Wildman–Crippen MR) is 75.6 cm³/mol. The molecule has 106 valence electrons. The number of nitrogens with zero attached hydrogens (tertiary/aromatic N) is 1. The average Bonchev–Trinajstić information content (AvgIpc) is 2.48. The second kappa shape index (κ2) is 6.44. The topological polar surface area (TPSA) is 79.5 Å². The van der Waals surface area contributed by atoms with E-state index in [0.29, 0.717) is 28.4 Å². The molecule has 1 N–H and O–H groups in total. The Morgan fingerprint density at radius 3 is 2.43 bits per heavy atom. The Balaban J connectivity index is 2.21. The van der Waals surface area contributed by atoms with E-state index in [9.17, 15) is 4.79 Å². The summed E-state index contributed by atoms with van der Waals surface area (Å²) in [5.41, 5.74) is 1.08. The molecule has 2 rings (SSSR count). The van der Waals surface area contributed by atoms with E-state index in [-0.39, 0.29) is 6.42 Å². The molecular formula is C16H13NO4. The monoisotopic (exact) mass is 283 g/mol. The molecule has 5 heteroatoms. The zero-order valence-electron chi connectivity index (χ0n) is 11.4. The Kier molecular flexibility index (Phi) is 4.42. The van der Waals surface area contributed by atoms with Crippen LogP contribution in [-0.4, -0.2) is 18.2 Å². The Bertz CT molecular complexity index is 686. The molecule has 0 radical (unpaired) electrons. The molecule has 0 bridgehead atoms. The van der Waals surface area contributed by atoms with Gasteiger partial charge in [-0.25, -0.2) is 0 Å². The summed E-state index contributed by atoms with van der Waals surface area (Å²) in [6, 6.07) is 13.7. The van der Waals surface area contributed by atoms with Crippen LogP contribution in [0.5, 0.6) is 17.2 Å². The van der Waals surface area contributed by atoms with Gasteiger partial charge in [-0.2, -0.15) is 5.26 Å². The number of rotatable bonds is 5. The van der Waals surface area contributed by atoms with Crippen LogP contribution in [0.25, 0.3) is 0 Å². The van der Waals surface area contributed by atoms with Crippen molar-refractivity contribution in [3.8, 4) is 23.3 Å². The average molecular weight is 283 g/mol. The van der Waals surface area contributed by atoms with Gasteiger partial charge < -0.3 is 14.6 Å². The normalized spacial score (nSPS) is 9.71. The van der Waals surface area contributed by atoms with Gasteiger partial charge in [0.25, 0.3) is 0 Å². The highest BCUT2D eigenvalue weighted by molar-refractivity contribution is 5.70. The molecule has 0 aromatic heterocycles. The summed E-state index contributed by atoms with van der Waals surface area (Å²) in [6.45, 7) is 0. The lowest BCUT2D eigenvalue weighted by atomic mass is 10.1. The minimum Gasteiger partial charge on any atom is -0.497 e. The van der Waals surface area contributed by atoms with Crippen molar-refractivity contribution >= 4 is 5.97 Å². The highest BCUT2D eigenvalue weighted by atomic mass is 16.5. The van der Waals surface area contributed by atoms with E-state index in [1.807, 2.05) is 6.07 Å². The molecule has 0 atom stereocenters. The molecule has 5 nitrogen and oxygen atoms in total. The van der Waals surface area contributed by atoms with E-state index in [1.54, 1.807) is 42.5 Å². The zero-order chi connectivity index (χ0) is 15.2. The molecule has 0 saturated carbocycles. The van der Waals surface area contributed by atoms with Crippen LogP contribution in [-0.2, 0) is 11.2 Å². The molecule has 0 aliphatic carbocycles. The van der Waals surface area contributed by atoms with Gasteiger partial charge in [0.2, 0.25) is 0 Å². The van der Waals surface area contributed by atoms with Crippen LogP contribution in [0, 0.1) is 11.3 Å². The van der Waals surface area contributed by atoms with Gasteiger partial charge in [0.15, 0.2) is 0 Å². The predicted octanol–water partition coefficient (Wildman–Crippen LogP) is 2.99. The van der Waals surface area contributed by atoms with E-state index in [4.69, 9.17) is 19.8 Å². The number of hydrogen-bond donors (Lipinski definition) is 1. The quantitative estimate of drug-likeness (QED) is 0.912. The van der Waals surface area contributed by atoms with Crippen LogP contribution in [0.4, 0.5) is 0 Å². The highest BCUT2D eigenvalue weighted by Gasteiger charge is 2.07. The minimum atomic E-state index is -0.886. The first kappa shape index (κ1) is 14.4. The van der Waals surface area contributed by atoms with E-state index < -0.39 is 5.97 Å². The van der Waals surface area contributed by atoms with Gasteiger partial charge >= 0.3 is 5.97 Å². The van der Waals surface area contributed by atoms with Crippen molar-refractivity contribution in [2.24, 2.45) is 0 Å². The van der Waals surface area contributed by atoms with Crippen molar-refractivity contribution in [3.63, 3.8) is 0 Å². The van der Waals surface area contributed by atoms with Crippen LogP contribution >= 0.6 is 0 Å². The first-order chi connectivity index (χ1) is 10.1. The standard InChI is InChI=1S/C16H13NO4/c1-20-14-7-4-12(10-17)15(9-14)21-13-5-2-11(3-6-13)8-16(18)19/h2-7,9H,8H2,1H3,(H,18,19). The molecule has 2 aromatic carbocycles. The van der Waals surface area contributed by atoms with Crippen LogP contribution in [0.1, 0.15) is 11.1 Å². The van der Waals surface area contributed by atoms with Gasteiger partial charge in [-0.05, 0) is 29.8 Å². The number of carbonyl (C=O) groups is 1. The summed E-state index contributed by atoms with van der Waals surface area (Å²) in [5.74, 6) is 0.617. The molecule has 0 aliphatic rings. The molecule has 2 aromatic rings. The van der Waals surface area contributed by atoms with Gasteiger partial charge in [0.1, 0.15) is 23.3 Å². The van der Waals surface area contributed by atoms with Crippen molar-refractivity contribution in [2.75, 3.05) is 7.11 Å². The van der Waals surface area contributed by atoms with Gasteiger partial charge in [-0.3, -0.25) is 4.79 Å². The fraction of sp³-hybridized carbons (Fsp3) is 0.125. The summed E-state index contributed by atoms with van der Waals surface area (Å²) >= 11 is 0. The van der Waals surface area contributed by atoms with Crippen molar-refractivity contribution in [1.29, 1.82) is 5.26 Å². The fourth-order valence-electron chi connectivity index (χ4n) is 1.78. The van der Waals surface area contributed by atoms with Crippen LogP contribution in [0.15, 0.2) is 42.5 Å². The third kappa shape index (κ3) is 3.74. The van der Waals surface area contributed by atoms with E-state index >= 15 is 0 Å². The van der Waals surface area contributed by atoms with Crippen molar-refractivity contribution in [1.82, 2.24) is 0 Å². The first-order valence-corrected chi connectivity index (χ1v) is 6.19. The molecule has 0 unspecified atom stereocenters. The number of methoxy groups -OCH3 is 1. The minimum absolute atomic E-state index is 0.0388. The number of carboxylic acid groups (broad SMARTS) is 1. The van der Waals surface area contributed by atoms with Gasteiger partial charge in [0, 0.05) is 6.07 Å².